The normalized spacial score (nSPS) is 11.2. The third kappa shape index (κ3) is 5.01. The minimum atomic E-state index is -0.673. The van der Waals surface area contributed by atoms with Crippen LogP contribution in [-0.2, 0) is 0 Å². The highest BCUT2D eigenvalue weighted by Crippen LogP contribution is 2.29. The van der Waals surface area contributed by atoms with Crippen LogP contribution in [0.4, 0.5) is 17.1 Å². The van der Waals surface area contributed by atoms with Gasteiger partial charge >= 0.3 is 5.69 Å². The topological polar surface area (TPSA) is 111 Å². The first-order chi connectivity index (χ1) is 12.0. The molecule has 0 heterocycles. The average Bonchev–Trinajstić information content (AvgIpc) is 2.62. The predicted octanol–water partition coefficient (Wildman–Crippen LogP) is 4.07. The van der Waals surface area contributed by atoms with E-state index in [0.29, 0.717) is 5.75 Å². The van der Waals surface area contributed by atoms with E-state index in [2.05, 4.69) is 10.5 Å². The molecule has 0 aliphatic rings. The highest BCUT2D eigenvalue weighted by Gasteiger charge is 2.19. The molecule has 0 spiro atoms. The number of non-ortho nitro benzene ring substituents is 1. The number of nitro groups is 2. The van der Waals surface area contributed by atoms with Gasteiger partial charge in [0.1, 0.15) is 5.69 Å². The summed E-state index contributed by atoms with van der Waals surface area (Å²) < 4.78 is 0. The smallest absolute Gasteiger partial charge is 0.271 e. The standard InChI is InChI=1S/C16H16N4O4S/c1-2-25-11-15(12-6-4-3-5-7-12)18-17-14-9-8-13(19(21)22)10-16(14)20(23)24/h3-10,17H,2,11H2,1H3. The van der Waals surface area contributed by atoms with Gasteiger partial charge in [-0.15, -0.1) is 0 Å². The molecule has 0 atom stereocenters. The van der Waals surface area contributed by atoms with E-state index in [1.165, 1.54) is 12.1 Å². The first-order valence-corrected chi connectivity index (χ1v) is 8.57. The number of rotatable bonds is 8. The third-order valence-corrected chi connectivity index (χ3v) is 4.14. The Labute approximate surface area is 148 Å². The van der Waals surface area contributed by atoms with Crippen LogP contribution in [0.25, 0.3) is 0 Å². The fraction of sp³-hybridized carbons (Fsp3) is 0.188. The SMILES string of the molecule is CCSCC(=NNc1ccc([N+](=O)[O-])cc1[N+](=O)[O-])c1ccccc1. The number of hydrogen-bond donors (Lipinski definition) is 1. The van der Waals surface area contributed by atoms with Gasteiger partial charge < -0.3 is 0 Å². The maximum absolute atomic E-state index is 11.2. The van der Waals surface area contributed by atoms with Crippen molar-refractivity contribution in [2.45, 2.75) is 6.92 Å². The molecular weight excluding hydrogens is 344 g/mol. The molecule has 1 N–H and O–H groups in total. The third-order valence-electron chi connectivity index (χ3n) is 3.25. The van der Waals surface area contributed by atoms with E-state index >= 15 is 0 Å². The molecule has 0 unspecified atom stereocenters. The number of hydrogen-bond acceptors (Lipinski definition) is 7. The van der Waals surface area contributed by atoms with Crippen molar-refractivity contribution in [3.05, 3.63) is 74.3 Å². The van der Waals surface area contributed by atoms with E-state index in [1.54, 1.807) is 11.8 Å². The first kappa shape index (κ1) is 18.4. The van der Waals surface area contributed by atoms with Crippen LogP contribution >= 0.6 is 11.8 Å². The van der Waals surface area contributed by atoms with Crippen molar-refractivity contribution in [1.82, 2.24) is 0 Å². The van der Waals surface area contributed by atoms with Crippen molar-refractivity contribution in [1.29, 1.82) is 0 Å². The van der Waals surface area contributed by atoms with Crippen molar-refractivity contribution >= 4 is 34.5 Å². The second kappa shape index (κ2) is 8.78. The lowest BCUT2D eigenvalue weighted by Gasteiger charge is -2.08. The van der Waals surface area contributed by atoms with Crippen LogP contribution in [0.15, 0.2) is 53.6 Å². The fourth-order valence-electron chi connectivity index (χ4n) is 2.02. The molecule has 8 nitrogen and oxygen atoms in total. The predicted molar refractivity (Wildman–Crippen MR) is 99.4 cm³/mol. The zero-order chi connectivity index (χ0) is 18.2. The molecule has 0 amide bonds. The molecule has 2 aromatic rings. The monoisotopic (exact) mass is 360 g/mol. The van der Waals surface area contributed by atoms with Crippen LogP contribution in [-0.4, -0.2) is 27.1 Å². The van der Waals surface area contributed by atoms with Gasteiger partial charge in [-0.05, 0) is 17.4 Å². The van der Waals surface area contributed by atoms with Crippen LogP contribution in [0, 0.1) is 20.2 Å². The Morgan fingerprint density at radius 3 is 2.44 bits per heavy atom. The zero-order valence-corrected chi connectivity index (χ0v) is 14.2. The Hall–Kier alpha value is -2.94. The lowest BCUT2D eigenvalue weighted by Crippen LogP contribution is -2.08. The van der Waals surface area contributed by atoms with Crippen molar-refractivity contribution in [2.75, 3.05) is 16.9 Å². The van der Waals surface area contributed by atoms with Gasteiger partial charge in [0.25, 0.3) is 5.69 Å². The zero-order valence-electron chi connectivity index (χ0n) is 13.4. The molecule has 2 rings (SSSR count). The molecule has 0 aliphatic carbocycles. The molecule has 0 saturated carbocycles. The molecule has 25 heavy (non-hydrogen) atoms. The van der Waals surface area contributed by atoms with Gasteiger partial charge in [0.05, 0.1) is 21.6 Å². The quantitative estimate of drug-likeness (QED) is 0.431. The summed E-state index contributed by atoms with van der Waals surface area (Å²) in [5.41, 5.74) is 3.68. The summed E-state index contributed by atoms with van der Waals surface area (Å²) in [5, 5.41) is 26.3. The second-order valence-electron chi connectivity index (χ2n) is 4.89. The van der Waals surface area contributed by atoms with Gasteiger partial charge in [0, 0.05) is 11.8 Å². The Bertz CT molecular complexity index is 796. The summed E-state index contributed by atoms with van der Waals surface area (Å²) in [4.78, 5) is 20.6. The molecule has 0 aliphatic heterocycles. The molecule has 2 aromatic carbocycles. The maximum Gasteiger partial charge on any atom is 0.301 e. The van der Waals surface area contributed by atoms with Gasteiger partial charge in [-0.1, -0.05) is 37.3 Å². The first-order valence-electron chi connectivity index (χ1n) is 7.41. The molecule has 9 heteroatoms. The van der Waals surface area contributed by atoms with Crippen molar-refractivity contribution in [3.8, 4) is 0 Å². The molecule has 0 radical (unpaired) electrons. The molecule has 0 bridgehead atoms. The van der Waals surface area contributed by atoms with E-state index in [4.69, 9.17) is 0 Å². The number of benzene rings is 2. The van der Waals surface area contributed by atoms with Crippen molar-refractivity contribution < 1.29 is 9.85 Å². The minimum absolute atomic E-state index is 0.102. The van der Waals surface area contributed by atoms with Crippen molar-refractivity contribution in [3.63, 3.8) is 0 Å². The maximum atomic E-state index is 11.2. The summed E-state index contributed by atoms with van der Waals surface area (Å²) in [5.74, 6) is 1.54. The average molecular weight is 360 g/mol. The van der Waals surface area contributed by atoms with Crippen LogP contribution in [0.1, 0.15) is 12.5 Å². The number of thioether (sulfide) groups is 1. The molecule has 0 saturated heterocycles. The largest absolute Gasteiger partial charge is 0.301 e. The number of hydrazone groups is 1. The molecular formula is C16H16N4O4S. The van der Waals surface area contributed by atoms with E-state index in [1.807, 2.05) is 37.3 Å². The summed E-state index contributed by atoms with van der Waals surface area (Å²) in [6, 6.07) is 12.9. The van der Waals surface area contributed by atoms with Crippen LogP contribution in [0.2, 0.25) is 0 Å². The van der Waals surface area contributed by atoms with Crippen LogP contribution < -0.4 is 5.43 Å². The second-order valence-corrected chi connectivity index (χ2v) is 6.16. The van der Waals surface area contributed by atoms with Gasteiger partial charge in [0.2, 0.25) is 0 Å². The Morgan fingerprint density at radius 1 is 1.12 bits per heavy atom. The molecule has 0 aromatic heterocycles. The highest BCUT2D eigenvalue weighted by molar-refractivity contribution is 7.99. The van der Waals surface area contributed by atoms with E-state index in [-0.39, 0.29) is 11.4 Å². The number of nitrogens with zero attached hydrogens (tertiary/aromatic N) is 3. The highest BCUT2D eigenvalue weighted by atomic mass is 32.2. The van der Waals surface area contributed by atoms with E-state index in [9.17, 15) is 20.2 Å². The molecule has 130 valence electrons. The number of anilines is 1. The fourth-order valence-corrected chi connectivity index (χ4v) is 2.65. The Morgan fingerprint density at radius 2 is 1.84 bits per heavy atom. The summed E-state index contributed by atoms with van der Waals surface area (Å²) in [7, 11) is 0. The van der Waals surface area contributed by atoms with E-state index < -0.39 is 15.5 Å². The van der Waals surface area contributed by atoms with Gasteiger partial charge in [-0.25, -0.2) is 0 Å². The summed E-state index contributed by atoms with van der Waals surface area (Å²) in [6.07, 6.45) is 0. The number of nitro benzene ring substituents is 2. The lowest BCUT2D eigenvalue weighted by molar-refractivity contribution is -0.393. The van der Waals surface area contributed by atoms with Crippen LogP contribution in [0.5, 0.6) is 0 Å². The van der Waals surface area contributed by atoms with Gasteiger partial charge in [0.15, 0.2) is 0 Å². The Kier molecular flexibility index (Phi) is 6.47. The summed E-state index contributed by atoms with van der Waals surface area (Å²) in [6.45, 7) is 2.03. The van der Waals surface area contributed by atoms with Gasteiger partial charge in [-0.2, -0.15) is 16.9 Å². The summed E-state index contributed by atoms with van der Waals surface area (Å²) >= 11 is 1.67. The lowest BCUT2D eigenvalue weighted by atomic mass is 10.1. The van der Waals surface area contributed by atoms with Gasteiger partial charge in [-0.3, -0.25) is 25.7 Å². The minimum Gasteiger partial charge on any atom is -0.271 e. The number of nitrogens with one attached hydrogen (secondary N) is 1. The molecule has 0 fully saturated rings. The van der Waals surface area contributed by atoms with E-state index in [0.717, 1.165) is 23.1 Å². The Balaban J connectivity index is 2.33. The van der Waals surface area contributed by atoms with Crippen LogP contribution in [0.3, 0.4) is 0 Å². The van der Waals surface area contributed by atoms with Crippen molar-refractivity contribution in [2.24, 2.45) is 5.10 Å².